The lowest BCUT2D eigenvalue weighted by Crippen LogP contribution is -2.27. The summed E-state index contributed by atoms with van der Waals surface area (Å²) in [6, 6.07) is 9.14. The second-order valence-electron chi connectivity index (χ2n) is 5.77. The van der Waals surface area contributed by atoms with Crippen LogP contribution in [0.1, 0.15) is 12.0 Å². The fourth-order valence-electron chi connectivity index (χ4n) is 2.08. The zero-order chi connectivity index (χ0) is 19.3. The van der Waals surface area contributed by atoms with Crippen molar-refractivity contribution in [3.63, 3.8) is 0 Å². The van der Waals surface area contributed by atoms with E-state index >= 15 is 0 Å². The molecule has 0 saturated carbocycles. The molecule has 0 saturated heterocycles. The maximum Gasteiger partial charge on any atom is 0.321 e. The second kappa shape index (κ2) is 8.53. The number of anilines is 1. The van der Waals surface area contributed by atoms with Crippen LogP contribution in [0.5, 0.6) is 11.5 Å². The van der Waals surface area contributed by atoms with Crippen molar-refractivity contribution in [1.82, 2.24) is 4.90 Å². The van der Waals surface area contributed by atoms with Crippen molar-refractivity contribution in [2.24, 2.45) is 5.73 Å². The van der Waals surface area contributed by atoms with Gasteiger partial charge in [-0.2, -0.15) is 0 Å². The Balaban J connectivity index is 2.16. The lowest BCUT2D eigenvalue weighted by molar-refractivity contribution is -0.118. The van der Waals surface area contributed by atoms with Crippen LogP contribution in [0, 0.1) is 5.82 Å². The molecule has 26 heavy (non-hydrogen) atoms. The molecule has 0 bridgehead atoms. The number of hydrogen-bond donors (Lipinski definition) is 2. The van der Waals surface area contributed by atoms with Crippen LogP contribution in [0.4, 0.5) is 14.9 Å². The first-order chi connectivity index (χ1) is 12.3. The monoisotopic (exact) mass is 379 g/mol. The number of aryl methyl sites for hydroxylation is 1. The Kier molecular flexibility index (Phi) is 6.41. The number of rotatable bonds is 6. The van der Waals surface area contributed by atoms with Gasteiger partial charge in [-0.1, -0.05) is 17.7 Å². The number of primary amides is 1. The van der Waals surface area contributed by atoms with E-state index in [-0.39, 0.29) is 35.2 Å². The van der Waals surface area contributed by atoms with Crippen molar-refractivity contribution in [3.8, 4) is 11.5 Å². The molecule has 2 aromatic rings. The topological polar surface area (TPSA) is 84.7 Å². The predicted molar refractivity (Wildman–Crippen MR) is 98.1 cm³/mol. The van der Waals surface area contributed by atoms with Crippen molar-refractivity contribution < 1.29 is 18.7 Å². The van der Waals surface area contributed by atoms with E-state index in [1.165, 1.54) is 17.0 Å². The molecular formula is C18H19ClFN3O3. The highest BCUT2D eigenvalue weighted by Gasteiger charge is 2.15. The molecular weight excluding hydrogens is 361 g/mol. The SMILES string of the molecule is CN(C)C(=O)Nc1ccc(Oc2c(Cl)ccc(CCC(N)=O)c2F)cc1. The highest BCUT2D eigenvalue weighted by atomic mass is 35.5. The quantitative estimate of drug-likeness (QED) is 0.800. The van der Waals surface area contributed by atoms with E-state index in [9.17, 15) is 14.0 Å². The van der Waals surface area contributed by atoms with Gasteiger partial charge >= 0.3 is 6.03 Å². The van der Waals surface area contributed by atoms with E-state index in [4.69, 9.17) is 22.1 Å². The highest BCUT2D eigenvalue weighted by molar-refractivity contribution is 6.32. The third kappa shape index (κ3) is 5.10. The zero-order valence-electron chi connectivity index (χ0n) is 14.4. The van der Waals surface area contributed by atoms with Crippen LogP contribution in [-0.4, -0.2) is 30.9 Å². The maximum atomic E-state index is 14.6. The van der Waals surface area contributed by atoms with Gasteiger partial charge in [0, 0.05) is 26.2 Å². The molecule has 0 fully saturated rings. The maximum absolute atomic E-state index is 14.6. The van der Waals surface area contributed by atoms with Crippen LogP contribution in [0.15, 0.2) is 36.4 Å². The molecule has 0 aromatic heterocycles. The first-order valence-electron chi connectivity index (χ1n) is 7.79. The first-order valence-corrected chi connectivity index (χ1v) is 8.17. The lowest BCUT2D eigenvalue weighted by Gasteiger charge is -2.14. The van der Waals surface area contributed by atoms with Crippen LogP contribution in [-0.2, 0) is 11.2 Å². The summed E-state index contributed by atoms with van der Waals surface area (Å²) >= 11 is 6.03. The van der Waals surface area contributed by atoms with Crippen molar-refractivity contribution in [2.45, 2.75) is 12.8 Å². The van der Waals surface area contributed by atoms with Gasteiger partial charge in [-0.25, -0.2) is 9.18 Å². The number of carbonyl (C=O) groups is 2. The lowest BCUT2D eigenvalue weighted by atomic mass is 10.1. The molecule has 2 aromatic carbocycles. The number of nitrogens with zero attached hydrogens (tertiary/aromatic N) is 1. The number of nitrogens with two attached hydrogens (primary N) is 1. The number of amides is 3. The molecule has 2 rings (SSSR count). The summed E-state index contributed by atoms with van der Waals surface area (Å²) in [4.78, 5) is 23.9. The molecule has 0 atom stereocenters. The van der Waals surface area contributed by atoms with E-state index < -0.39 is 11.7 Å². The summed E-state index contributed by atoms with van der Waals surface area (Å²) in [7, 11) is 3.26. The van der Waals surface area contributed by atoms with Crippen LogP contribution >= 0.6 is 11.6 Å². The molecule has 3 amide bonds. The Morgan fingerprint density at radius 1 is 1.19 bits per heavy atom. The Bertz CT molecular complexity index is 810. The minimum atomic E-state index is -0.635. The van der Waals surface area contributed by atoms with Gasteiger partial charge in [0.05, 0.1) is 5.02 Å². The van der Waals surface area contributed by atoms with E-state index in [1.807, 2.05) is 0 Å². The van der Waals surface area contributed by atoms with Gasteiger partial charge in [0.15, 0.2) is 11.6 Å². The molecule has 0 aliphatic carbocycles. The summed E-state index contributed by atoms with van der Waals surface area (Å²) in [5, 5.41) is 2.79. The van der Waals surface area contributed by atoms with Crippen molar-refractivity contribution in [1.29, 1.82) is 0 Å². The van der Waals surface area contributed by atoms with E-state index in [2.05, 4.69) is 5.32 Å². The number of urea groups is 1. The first kappa shape index (κ1) is 19.5. The summed E-state index contributed by atoms with van der Waals surface area (Å²) in [5.41, 5.74) is 5.95. The van der Waals surface area contributed by atoms with Gasteiger partial charge in [0.2, 0.25) is 5.91 Å². The normalized spacial score (nSPS) is 10.3. The largest absolute Gasteiger partial charge is 0.453 e. The summed E-state index contributed by atoms with van der Waals surface area (Å²) in [5.74, 6) is -0.930. The Morgan fingerprint density at radius 3 is 2.42 bits per heavy atom. The minimum Gasteiger partial charge on any atom is -0.453 e. The summed E-state index contributed by atoms with van der Waals surface area (Å²) < 4.78 is 20.1. The van der Waals surface area contributed by atoms with Crippen molar-refractivity contribution in [3.05, 3.63) is 52.8 Å². The molecule has 0 radical (unpaired) electrons. The van der Waals surface area contributed by atoms with Gasteiger partial charge in [0.1, 0.15) is 5.75 Å². The second-order valence-corrected chi connectivity index (χ2v) is 6.17. The van der Waals surface area contributed by atoms with Crippen molar-refractivity contribution in [2.75, 3.05) is 19.4 Å². The van der Waals surface area contributed by atoms with Gasteiger partial charge in [-0.05, 0) is 42.3 Å². The zero-order valence-corrected chi connectivity index (χ0v) is 15.1. The van der Waals surface area contributed by atoms with Gasteiger partial charge in [-0.3, -0.25) is 4.79 Å². The van der Waals surface area contributed by atoms with E-state index in [0.29, 0.717) is 11.4 Å². The molecule has 138 valence electrons. The molecule has 0 aliphatic rings. The number of nitrogens with one attached hydrogen (secondary N) is 1. The van der Waals surface area contributed by atoms with Gasteiger partial charge in [0.25, 0.3) is 0 Å². The molecule has 0 heterocycles. The smallest absolute Gasteiger partial charge is 0.321 e. The fourth-order valence-corrected chi connectivity index (χ4v) is 2.26. The van der Waals surface area contributed by atoms with Crippen LogP contribution < -0.4 is 15.8 Å². The highest BCUT2D eigenvalue weighted by Crippen LogP contribution is 2.34. The average molecular weight is 380 g/mol. The molecule has 3 N–H and O–H groups in total. The molecule has 8 heteroatoms. The number of halogens is 2. The van der Waals surface area contributed by atoms with Crippen LogP contribution in [0.25, 0.3) is 0 Å². The number of ether oxygens (including phenoxy) is 1. The number of carbonyl (C=O) groups excluding carboxylic acids is 2. The molecule has 0 unspecified atom stereocenters. The summed E-state index contributed by atoms with van der Waals surface area (Å²) in [6.07, 6.45) is 0.183. The minimum absolute atomic E-state index is 0.0261. The van der Waals surface area contributed by atoms with Gasteiger partial charge < -0.3 is 20.7 Å². The standard InChI is InChI=1S/C18H19ClFN3O3/c1-23(2)18(25)22-12-5-7-13(8-6-12)26-17-14(19)9-3-11(16(17)20)4-10-15(21)24/h3,5-9H,4,10H2,1-2H3,(H2,21,24)(H,22,25). The Morgan fingerprint density at radius 2 is 1.85 bits per heavy atom. The molecule has 0 spiro atoms. The average Bonchev–Trinajstić information content (AvgIpc) is 2.59. The Labute approximate surface area is 155 Å². The number of benzene rings is 2. The van der Waals surface area contributed by atoms with Crippen LogP contribution in [0.3, 0.4) is 0 Å². The predicted octanol–water partition coefficient (Wildman–Crippen LogP) is 3.78. The fraction of sp³-hybridized carbons (Fsp3) is 0.222. The third-order valence-electron chi connectivity index (χ3n) is 3.50. The Hall–Kier alpha value is -2.80. The summed E-state index contributed by atoms with van der Waals surface area (Å²) in [6.45, 7) is 0. The molecule has 0 aliphatic heterocycles. The van der Waals surface area contributed by atoms with E-state index in [0.717, 1.165) is 0 Å². The van der Waals surface area contributed by atoms with Crippen molar-refractivity contribution >= 4 is 29.2 Å². The molecule has 6 nitrogen and oxygen atoms in total. The van der Waals surface area contributed by atoms with Gasteiger partial charge in [-0.15, -0.1) is 0 Å². The van der Waals surface area contributed by atoms with E-state index in [1.54, 1.807) is 38.4 Å². The number of hydrogen-bond acceptors (Lipinski definition) is 3. The van der Waals surface area contributed by atoms with Crippen LogP contribution in [0.2, 0.25) is 5.02 Å². The third-order valence-corrected chi connectivity index (χ3v) is 3.80.